The highest BCUT2D eigenvalue weighted by atomic mass is 16.5. The lowest BCUT2D eigenvalue weighted by Gasteiger charge is -2.18. The molecule has 0 saturated carbocycles. The predicted molar refractivity (Wildman–Crippen MR) is 71.7 cm³/mol. The molecule has 0 aliphatic carbocycles. The summed E-state index contributed by atoms with van der Waals surface area (Å²) >= 11 is 0. The van der Waals surface area contributed by atoms with Crippen molar-refractivity contribution in [3.63, 3.8) is 0 Å². The number of amides is 3. The van der Waals surface area contributed by atoms with E-state index in [1.807, 2.05) is 24.3 Å². The molecule has 0 heterocycles. The van der Waals surface area contributed by atoms with Crippen molar-refractivity contribution in [2.45, 2.75) is 13.5 Å². The van der Waals surface area contributed by atoms with Gasteiger partial charge in [0.15, 0.2) is 0 Å². The van der Waals surface area contributed by atoms with E-state index in [1.54, 1.807) is 7.11 Å². The van der Waals surface area contributed by atoms with E-state index in [2.05, 4.69) is 5.32 Å². The molecule has 19 heavy (non-hydrogen) atoms. The van der Waals surface area contributed by atoms with Crippen molar-refractivity contribution in [1.29, 1.82) is 0 Å². The highest BCUT2D eigenvalue weighted by Crippen LogP contribution is 2.10. The lowest BCUT2D eigenvalue weighted by atomic mass is 10.2. The first-order valence-electron chi connectivity index (χ1n) is 5.97. The number of imide groups is 1. The molecule has 0 aromatic heterocycles. The Balaban J connectivity index is 2.54. The highest BCUT2D eigenvalue weighted by molar-refractivity contribution is 5.93. The average molecular weight is 265 g/mol. The maximum absolute atomic E-state index is 11.8. The molecule has 6 nitrogen and oxygen atoms in total. The summed E-state index contributed by atoms with van der Waals surface area (Å²) in [6.07, 6.45) is 0. The summed E-state index contributed by atoms with van der Waals surface area (Å²) in [4.78, 5) is 24.1. The highest BCUT2D eigenvalue weighted by Gasteiger charge is 2.16. The maximum Gasteiger partial charge on any atom is 0.324 e. The van der Waals surface area contributed by atoms with Gasteiger partial charge in [-0.2, -0.15) is 0 Å². The first-order valence-corrected chi connectivity index (χ1v) is 5.97. The summed E-state index contributed by atoms with van der Waals surface area (Å²) < 4.78 is 5.04. The molecule has 0 radical (unpaired) electrons. The monoisotopic (exact) mass is 265 g/mol. The Labute approximate surface area is 112 Å². The van der Waals surface area contributed by atoms with Crippen molar-refractivity contribution in [2.75, 3.05) is 20.2 Å². The van der Waals surface area contributed by atoms with Crippen molar-refractivity contribution in [3.8, 4) is 5.75 Å². The summed E-state index contributed by atoms with van der Waals surface area (Å²) in [6.45, 7) is 2.14. The van der Waals surface area contributed by atoms with Crippen LogP contribution in [0.5, 0.6) is 5.75 Å². The Morgan fingerprint density at radius 2 is 1.95 bits per heavy atom. The number of methoxy groups -OCH3 is 1. The number of hydrogen-bond acceptors (Lipinski definition) is 4. The number of carbonyl (C=O) groups is 2. The minimum absolute atomic E-state index is 0.212. The van der Waals surface area contributed by atoms with E-state index in [0.717, 1.165) is 16.2 Å². The van der Waals surface area contributed by atoms with Gasteiger partial charge in [-0.15, -0.1) is 0 Å². The van der Waals surface area contributed by atoms with Gasteiger partial charge in [0, 0.05) is 26.6 Å². The van der Waals surface area contributed by atoms with Gasteiger partial charge in [-0.25, -0.2) is 4.79 Å². The maximum atomic E-state index is 11.8. The fourth-order valence-corrected chi connectivity index (χ4v) is 1.55. The first-order chi connectivity index (χ1) is 9.08. The van der Waals surface area contributed by atoms with Crippen LogP contribution in [0.2, 0.25) is 0 Å². The molecule has 0 unspecified atom stereocenters. The van der Waals surface area contributed by atoms with Gasteiger partial charge in [0.2, 0.25) is 5.91 Å². The van der Waals surface area contributed by atoms with Crippen LogP contribution in [-0.4, -0.2) is 37.0 Å². The summed E-state index contributed by atoms with van der Waals surface area (Å²) in [5.74, 6) is 0.432. The Hall–Kier alpha value is -2.08. The van der Waals surface area contributed by atoms with E-state index in [9.17, 15) is 9.59 Å². The molecule has 0 spiro atoms. The van der Waals surface area contributed by atoms with E-state index >= 15 is 0 Å². The van der Waals surface area contributed by atoms with Crippen LogP contribution in [0.4, 0.5) is 4.79 Å². The molecule has 3 amide bonds. The minimum Gasteiger partial charge on any atom is -0.497 e. The van der Waals surface area contributed by atoms with Crippen LogP contribution in [0.15, 0.2) is 24.3 Å². The predicted octanol–water partition coefficient (Wildman–Crippen LogP) is 0.712. The van der Waals surface area contributed by atoms with E-state index in [1.165, 1.54) is 6.92 Å². The number of nitrogens with one attached hydrogen (secondary N) is 1. The zero-order valence-corrected chi connectivity index (χ0v) is 11.2. The van der Waals surface area contributed by atoms with Crippen molar-refractivity contribution in [1.82, 2.24) is 10.2 Å². The van der Waals surface area contributed by atoms with Crippen molar-refractivity contribution in [3.05, 3.63) is 29.8 Å². The number of urea groups is 1. The zero-order valence-electron chi connectivity index (χ0n) is 11.2. The van der Waals surface area contributed by atoms with Crippen LogP contribution in [0.25, 0.3) is 0 Å². The van der Waals surface area contributed by atoms with Gasteiger partial charge in [0.05, 0.1) is 7.11 Å². The van der Waals surface area contributed by atoms with Gasteiger partial charge < -0.3 is 15.8 Å². The van der Waals surface area contributed by atoms with Crippen LogP contribution >= 0.6 is 0 Å². The molecule has 3 N–H and O–H groups in total. The number of nitrogens with zero attached hydrogens (tertiary/aromatic N) is 1. The second-order valence-electron chi connectivity index (χ2n) is 3.97. The van der Waals surface area contributed by atoms with Crippen molar-refractivity contribution >= 4 is 11.9 Å². The summed E-state index contributed by atoms with van der Waals surface area (Å²) in [5, 5.41) is 2.67. The summed E-state index contributed by atoms with van der Waals surface area (Å²) in [7, 11) is 1.59. The van der Waals surface area contributed by atoms with Gasteiger partial charge >= 0.3 is 6.03 Å². The second-order valence-corrected chi connectivity index (χ2v) is 3.97. The Kier molecular flexibility index (Phi) is 5.81. The first kappa shape index (κ1) is 15.0. The van der Waals surface area contributed by atoms with Gasteiger partial charge in [0.1, 0.15) is 5.75 Å². The number of ether oxygens (including phenoxy) is 1. The number of hydrogen-bond donors (Lipinski definition) is 2. The van der Waals surface area contributed by atoms with E-state index in [-0.39, 0.29) is 19.0 Å². The number of benzene rings is 1. The second kappa shape index (κ2) is 7.38. The molecule has 1 rings (SSSR count). The third-order valence-electron chi connectivity index (χ3n) is 2.58. The van der Waals surface area contributed by atoms with E-state index < -0.39 is 6.03 Å². The normalized spacial score (nSPS) is 9.84. The molecule has 0 aliphatic heterocycles. The third-order valence-corrected chi connectivity index (χ3v) is 2.58. The van der Waals surface area contributed by atoms with Crippen molar-refractivity contribution < 1.29 is 14.3 Å². The third kappa shape index (κ3) is 4.59. The van der Waals surface area contributed by atoms with Crippen LogP contribution in [0.1, 0.15) is 12.5 Å². The molecule has 0 saturated heterocycles. The van der Waals surface area contributed by atoms with Crippen LogP contribution in [0.3, 0.4) is 0 Å². The molecule has 0 aliphatic rings. The largest absolute Gasteiger partial charge is 0.497 e. The van der Waals surface area contributed by atoms with Crippen molar-refractivity contribution in [2.24, 2.45) is 5.73 Å². The lowest BCUT2D eigenvalue weighted by Crippen LogP contribution is -2.44. The van der Waals surface area contributed by atoms with Gasteiger partial charge in [-0.05, 0) is 17.7 Å². The topological polar surface area (TPSA) is 84.7 Å². The lowest BCUT2D eigenvalue weighted by molar-refractivity contribution is -0.125. The molecular weight excluding hydrogens is 246 g/mol. The Morgan fingerprint density at radius 3 is 2.42 bits per heavy atom. The number of nitrogens with two attached hydrogens (primary N) is 1. The van der Waals surface area contributed by atoms with Crippen LogP contribution in [-0.2, 0) is 11.3 Å². The Bertz CT molecular complexity index is 431. The van der Waals surface area contributed by atoms with Gasteiger partial charge in [-0.3, -0.25) is 9.69 Å². The molecule has 6 heteroatoms. The SMILES string of the molecule is COc1ccc(CNC(=O)N(CCN)C(C)=O)cc1. The molecule has 104 valence electrons. The van der Waals surface area contributed by atoms with Gasteiger partial charge in [0.25, 0.3) is 0 Å². The molecular formula is C13H19N3O3. The van der Waals surface area contributed by atoms with Crippen LogP contribution in [0, 0.1) is 0 Å². The number of carbonyl (C=O) groups excluding carboxylic acids is 2. The quantitative estimate of drug-likeness (QED) is 0.821. The molecule has 1 aromatic carbocycles. The molecule has 1 aromatic rings. The number of rotatable bonds is 5. The smallest absolute Gasteiger partial charge is 0.324 e. The van der Waals surface area contributed by atoms with Gasteiger partial charge in [-0.1, -0.05) is 12.1 Å². The fraction of sp³-hybridized carbons (Fsp3) is 0.385. The zero-order chi connectivity index (χ0) is 14.3. The summed E-state index contributed by atoms with van der Waals surface area (Å²) in [5.41, 5.74) is 6.28. The minimum atomic E-state index is -0.436. The average Bonchev–Trinajstić information content (AvgIpc) is 2.42. The van der Waals surface area contributed by atoms with Crippen LogP contribution < -0.4 is 15.8 Å². The fourth-order valence-electron chi connectivity index (χ4n) is 1.55. The molecule has 0 fully saturated rings. The summed E-state index contributed by atoms with van der Waals surface area (Å²) in [6, 6.07) is 6.88. The molecule has 0 bridgehead atoms. The Morgan fingerprint density at radius 1 is 1.32 bits per heavy atom. The van der Waals surface area contributed by atoms with E-state index in [0.29, 0.717) is 6.54 Å². The molecule has 0 atom stereocenters. The van der Waals surface area contributed by atoms with E-state index in [4.69, 9.17) is 10.5 Å². The standard InChI is InChI=1S/C13H19N3O3/c1-10(17)16(8-7-14)13(18)15-9-11-3-5-12(19-2)6-4-11/h3-6H,7-9,14H2,1-2H3,(H,15,18).